The topological polar surface area (TPSA) is 105 Å². The van der Waals surface area contributed by atoms with Crippen molar-refractivity contribution in [3.8, 4) is 5.75 Å². The number of hydrogen-bond acceptors (Lipinski definition) is 5. The summed E-state index contributed by atoms with van der Waals surface area (Å²) in [5, 5.41) is 15.1. The fraction of sp³-hybridized carbons (Fsp3) is 0.167. The summed E-state index contributed by atoms with van der Waals surface area (Å²) in [4.78, 5) is 35.5. The van der Waals surface area contributed by atoms with E-state index in [2.05, 4.69) is 31.3 Å². The second kappa shape index (κ2) is 8.48. The second-order valence-electron chi connectivity index (χ2n) is 5.44. The number of aromatic hydroxyl groups is 1. The number of rotatable bonds is 5. The molecule has 0 radical (unpaired) electrons. The Balaban J connectivity index is 2.14. The highest BCUT2D eigenvalue weighted by Crippen LogP contribution is 2.30. The highest BCUT2D eigenvalue weighted by Gasteiger charge is 2.15. The predicted molar refractivity (Wildman–Crippen MR) is 99.3 cm³/mol. The molecule has 0 aliphatic rings. The Kier molecular flexibility index (Phi) is 6.35. The molecule has 0 heterocycles. The normalized spacial score (nSPS) is 10.1. The zero-order valence-corrected chi connectivity index (χ0v) is 15.7. The maximum absolute atomic E-state index is 12.4. The number of hydrogen-bond donors (Lipinski definition) is 3. The summed E-state index contributed by atoms with van der Waals surface area (Å²) in [5.74, 6) is -1.73. The Morgan fingerprint density at radius 3 is 2.58 bits per heavy atom. The molecule has 0 aromatic heterocycles. The van der Waals surface area contributed by atoms with Gasteiger partial charge < -0.3 is 20.5 Å². The molecule has 0 atom stereocenters. The number of ether oxygens (including phenoxy) is 1. The molecule has 0 saturated carbocycles. The lowest BCUT2D eigenvalue weighted by Crippen LogP contribution is -2.30. The third kappa shape index (κ3) is 4.82. The first-order valence-electron chi connectivity index (χ1n) is 7.57. The van der Waals surface area contributed by atoms with Crippen molar-refractivity contribution in [3.63, 3.8) is 0 Å². The molecule has 2 aromatic carbocycles. The van der Waals surface area contributed by atoms with E-state index in [0.717, 1.165) is 5.56 Å². The van der Waals surface area contributed by atoms with Gasteiger partial charge in [-0.1, -0.05) is 6.07 Å². The molecule has 0 aliphatic heterocycles. The van der Waals surface area contributed by atoms with E-state index >= 15 is 0 Å². The van der Waals surface area contributed by atoms with E-state index in [0.29, 0.717) is 10.2 Å². The number of benzene rings is 2. The number of carbonyl (C=O) groups excluding carboxylic acids is 3. The van der Waals surface area contributed by atoms with Gasteiger partial charge in [-0.15, -0.1) is 0 Å². The fourth-order valence-corrected chi connectivity index (χ4v) is 2.75. The van der Waals surface area contributed by atoms with Crippen LogP contribution in [0, 0.1) is 6.92 Å². The van der Waals surface area contributed by atoms with Crippen LogP contribution >= 0.6 is 15.9 Å². The Morgan fingerprint density at radius 2 is 1.88 bits per heavy atom. The van der Waals surface area contributed by atoms with Crippen molar-refractivity contribution in [2.24, 2.45) is 0 Å². The van der Waals surface area contributed by atoms with Crippen LogP contribution in [0.5, 0.6) is 5.75 Å². The number of phenols is 1. The van der Waals surface area contributed by atoms with Crippen LogP contribution in [-0.2, 0) is 9.53 Å². The summed E-state index contributed by atoms with van der Waals surface area (Å²) in [7, 11) is 1.23. The first kappa shape index (κ1) is 19.5. The molecule has 0 saturated heterocycles. The number of esters is 1. The lowest BCUT2D eigenvalue weighted by atomic mass is 10.1. The third-order valence-electron chi connectivity index (χ3n) is 3.46. The van der Waals surface area contributed by atoms with Gasteiger partial charge in [0.25, 0.3) is 11.8 Å². The third-order valence-corrected chi connectivity index (χ3v) is 4.06. The summed E-state index contributed by atoms with van der Waals surface area (Å²) in [6.45, 7) is 1.55. The summed E-state index contributed by atoms with van der Waals surface area (Å²) in [6.07, 6.45) is 0. The number of nitrogens with one attached hydrogen (secondary N) is 2. The number of aryl methyl sites for hydroxylation is 1. The van der Waals surface area contributed by atoms with Crippen molar-refractivity contribution >= 4 is 39.4 Å². The van der Waals surface area contributed by atoms with Gasteiger partial charge in [0.2, 0.25) is 0 Å². The van der Waals surface area contributed by atoms with Gasteiger partial charge in [-0.05, 0) is 58.7 Å². The molecular weight excluding hydrogens is 404 g/mol. The van der Waals surface area contributed by atoms with Crippen LogP contribution in [-0.4, -0.2) is 36.5 Å². The molecule has 2 amide bonds. The maximum Gasteiger partial charge on any atom is 0.325 e. The molecular formula is C18H17BrN2O5. The first-order chi connectivity index (χ1) is 12.3. The lowest BCUT2D eigenvalue weighted by Gasteiger charge is -2.10. The SMILES string of the molecule is COC(=O)CNC(=O)c1cccc(NC(=O)c2cc(C)cc(Br)c2O)c1. The van der Waals surface area contributed by atoms with Crippen LogP contribution in [0.3, 0.4) is 0 Å². The van der Waals surface area contributed by atoms with Gasteiger partial charge >= 0.3 is 5.97 Å². The van der Waals surface area contributed by atoms with E-state index in [4.69, 9.17) is 0 Å². The number of halogens is 1. The molecule has 0 spiro atoms. The average molecular weight is 421 g/mol. The van der Waals surface area contributed by atoms with Gasteiger partial charge in [0.1, 0.15) is 12.3 Å². The van der Waals surface area contributed by atoms with Gasteiger partial charge in [-0.3, -0.25) is 14.4 Å². The summed E-state index contributed by atoms with van der Waals surface area (Å²) in [6, 6.07) is 9.46. The molecule has 0 bridgehead atoms. The lowest BCUT2D eigenvalue weighted by molar-refractivity contribution is -0.139. The number of anilines is 1. The van der Waals surface area contributed by atoms with E-state index in [1.54, 1.807) is 37.3 Å². The van der Waals surface area contributed by atoms with Crippen LogP contribution in [0.1, 0.15) is 26.3 Å². The molecule has 2 rings (SSSR count). The van der Waals surface area contributed by atoms with Gasteiger partial charge in [-0.2, -0.15) is 0 Å². The molecule has 136 valence electrons. The van der Waals surface area contributed by atoms with Crippen LogP contribution in [0.2, 0.25) is 0 Å². The molecule has 7 nitrogen and oxygen atoms in total. The van der Waals surface area contributed by atoms with E-state index in [1.165, 1.54) is 13.2 Å². The Hall–Kier alpha value is -2.87. The molecule has 0 unspecified atom stereocenters. The molecule has 26 heavy (non-hydrogen) atoms. The summed E-state index contributed by atoms with van der Waals surface area (Å²) in [5.41, 5.74) is 1.55. The van der Waals surface area contributed by atoms with Crippen molar-refractivity contribution in [1.82, 2.24) is 5.32 Å². The van der Waals surface area contributed by atoms with Crippen molar-refractivity contribution in [2.45, 2.75) is 6.92 Å². The van der Waals surface area contributed by atoms with E-state index in [9.17, 15) is 19.5 Å². The smallest absolute Gasteiger partial charge is 0.325 e. The maximum atomic E-state index is 12.4. The quantitative estimate of drug-likeness (QED) is 0.644. The minimum atomic E-state index is -0.566. The number of methoxy groups -OCH3 is 1. The molecule has 8 heteroatoms. The highest BCUT2D eigenvalue weighted by atomic mass is 79.9. The number of carbonyl (C=O) groups is 3. The van der Waals surface area contributed by atoms with Crippen molar-refractivity contribution in [2.75, 3.05) is 19.0 Å². The number of amides is 2. The molecule has 3 N–H and O–H groups in total. The largest absolute Gasteiger partial charge is 0.506 e. The van der Waals surface area contributed by atoms with Crippen molar-refractivity contribution in [3.05, 3.63) is 57.6 Å². The van der Waals surface area contributed by atoms with E-state index < -0.39 is 17.8 Å². The summed E-state index contributed by atoms with van der Waals surface area (Å²) >= 11 is 3.20. The van der Waals surface area contributed by atoms with Crippen molar-refractivity contribution < 1.29 is 24.2 Å². The Morgan fingerprint density at radius 1 is 1.15 bits per heavy atom. The van der Waals surface area contributed by atoms with Crippen LogP contribution in [0.25, 0.3) is 0 Å². The van der Waals surface area contributed by atoms with E-state index in [1.807, 2.05) is 0 Å². The summed E-state index contributed by atoms with van der Waals surface area (Å²) < 4.78 is 4.87. The first-order valence-corrected chi connectivity index (χ1v) is 8.36. The van der Waals surface area contributed by atoms with Gasteiger partial charge in [0.15, 0.2) is 0 Å². The highest BCUT2D eigenvalue weighted by molar-refractivity contribution is 9.10. The zero-order chi connectivity index (χ0) is 19.3. The van der Waals surface area contributed by atoms with Crippen molar-refractivity contribution in [1.29, 1.82) is 0 Å². The fourth-order valence-electron chi connectivity index (χ4n) is 2.17. The van der Waals surface area contributed by atoms with Crippen LogP contribution < -0.4 is 10.6 Å². The predicted octanol–water partition coefficient (Wildman–Crippen LogP) is 2.62. The average Bonchev–Trinajstić information content (AvgIpc) is 2.62. The monoisotopic (exact) mass is 420 g/mol. The zero-order valence-electron chi connectivity index (χ0n) is 14.1. The molecule has 0 aliphatic carbocycles. The second-order valence-corrected chi connectivity index (χ2v) is 6.29. The molecule has 0 fully saturated rings. The molecule has 2 aromatic rings. The Labute approximate surface area is 158 Å². The van der Waals surface area contributed by atoms with Gasteiger partial charge in [-0.25, -0.2) is 0 Å². The minimum Gasteiger partial charge on any atom is -0.506 e. The van der Waals surface area contributed by atoms with Crippen LogP contribution in [0.15, 0.2) is 40.9 Å². The standard InChI is InChI=1S/C18H17BrN2O5/c1-10-6-13(16(23)14(19)7-10)18(25)21-12-5-3-4-11(8-12)17(24)20-9-15(22)26-2/h3-8,23H,9H2,1-2H3,(H,20,24)(H,21,25). The van der Waals surface area contributed by atoms with Crippen LogP contribution in [0.4, 0.5) is 5.69 Å². The van der Waals surface area contributed by atoms with E-state index in [-0.39, 0.29) is 23.4 Å². The minimum absolute atomic E-state index is 0.109. The van der Waals surface area contributed by atoms with Gasteiger partial charge in [0.05, 0.1) is 17.1 Å². The number of phenolic OH excluding ortho intramolecular Hbond substituents is 1. The Bertz CT molecular complexity index is 867. The van der Waals surface area contributed by atoms with Gasteiger partial charge in [0, 0.05) is 11.3 Å².